The van der Waals surface area contributed by atoms with Crippen LogP contribution in [0.15, 0.2) is 158 Å². The average Bonchev–Trinajstić information content (AvgIpc) is 3.65. The van der Waals surface area contributed by atoms with Gasteiger partial charge in [-0.15, -0.1) is 0 Å². The van der Waals surface area contributed by atoms with Crippen LogP contribution < -0.4 is 0 Å². The van der Waals surface area contributed by atoms with E-state index in [2.05, 4.69) is 180 Å². The highest BCUT2D eigenvalue weighted by Gasteiger charge is 2.31. The Labute approximate surface area is 269 Å². The first-order valence-electron chi connectivity index (χ1n) is 16.3. The molecule has 6 aromatic carbocycles. The van der Waals surface area contributed by atoms with Crippen molar-refractivity contribution < 1.29 is 0 Å². The van der Waals surface area contributed by atoms with Crippen molar-refractivity contribution >= 4 is 38.8 Å². The van der Waals surface area contributed by atoms with E-state index in [-0.39, 0.29) is 5.41 Å². The largest absolute Gasteiger partial charge is 0.313 e. The van der Waals surface area contributed by atoms with Gasteiger partial charge in [-0.2, -0.15) is 0 Å². The summed E-state index contributed by atoms with van der Waals surface area (Å²) < 4.78 is 4.99. The van der Waals surface area contributed by atoms with Gasteiger partial charge in [-0.25, -0.2) is 0 Å². The minimum Gasteiger partial charge on any atom is -0.313 e. The van der Waals surface area contributed by atoms with Crippen LogP contribution in [0.1, 0.15) is 41.3 Å². The van der Waals surface area contributed by atoms with Crippen molar-refractivity contribution in [1.82, 2.24) is 9.13 Å². The van der Waals surface area contributed by atoms with Crippen molar-refractivity contribution in [3.05, 3.63) is 186 Å². The van der Waals surface area contributed by atoms with Crippen LogP contribution in [0.2, 0.25) is 0 Å². The van der Waals surface area contributed by atoms with Crippen LogP contribution in [-0.4, -0.2) is 9.13 Å². The normalized spacial score (nSPS) is 13.1. The molecule has 0 radical (unpaired) electrons. The van der Waals surface area contributed by atoms with Crippen molar-refractivity contribution in [2.75, 3.05) is 0 Å². The van der Waals surface area contributed by atoms with Crippen LogP contribution >= 0.6 is 0 Å². The Kier molecular flexibility index (Phi) is 6.11. The molecule has 0 aliphatic heterocycles. The molecule has 1 aliphatic carbocycles. The van der Waals surface area contributed by atoms with Crippen molar-refractivity contribution in [2.45, 2.75) is 25.2 Å². The lowest BCUT2D eigenvalue weighted by molar-refractivity contribution is 0.692. The van der Waals surface area contributed by atoms with Gasteiger partial charge in [0.1, 0.15) is 0 Å². The van der Waals surface area contributed by atoms with Crippen LogP contribution in [0.5, 0.6) is 0 Å². The molecule has 0 bridgehead atoms. The molecule has 0 amide bonds. The lowest BCUT2D eigenvalue weighted by atomic mass is 9.71. The topological polar surface area (TPSA) is 9.86 Å². The van der Waals surface area contributed by atoms with Gasteiger partial charge in [-0.05, 0) is 72.9 Å². The first-order valence-corrected chi connectivity index (χ1v) is 16.3. The van der Waals surface area contributed by atoms with Crippen LogP contribution in [0.3, 0.4) is 0 Å². The van der Waals surface area contributed by atoms with Gasteiger partial charge >= 0.3 is 0 Å². The van der Waals surface area contributed by atoms with Crippen molar-refractivity contribution in [3.63, 3.8) is 0 Å². The highest BCUT2D eigenvalue weighted by molar-refractivity contribution is 6.20. The van der Waals surface area contributed by atoms with Gasteiger partial charge in [-0.1, -0.05) is 127 Å². The predicted octanol–water partition coefficient (Wildman–Crippen LogP) is 11.0. The van der Waals surface area contributed by atoms with Crippen LogP contribution in [0, 0.1) is 0 Å². The number of hydrogen-bond donors (Lipinski definition) is 0. The van der Waals surface area contributed by atoms with Crippen LogP contribution in [-0.2, 0) is 11.8 Å². The SMILES string of the molecule is CC(c1ccccc1)(c1ccccc1)c1ccc(-n2c3c(c4c2ccc2c5ccccc5n(-c5ccccc5)c24)C=CCC3)cc1. The summed E-state index contributed by atoms with van der Waals surface area (Å²) in [6, 6.07) is 55.4. The second kappa shape index (κ2) is 10.5. The summed E-state index contributed by atoms with van der Waals surface area (Å²) in [6.45, 7) is 2.35. The minimum atomic E-state index is -0.273. The molecule has 0 fully saturated rings. The van der Waals surface area contributed by atoms with E-state index in [1.807, 2.05) is 0 Å². The fourth-order valence-electron chi connectivity index (χ4n) is 7.88. The summed E-state index contributed by atoms with van der Waals surface area (Å²) in [7, 11) is 0. The summed E-state index contributed by atoms with van der Waals surface area (Å²) in [5.41, 5.74) is 12.5. The number of benzene rings is 6. The number of nitrogens with zero attached hydrogens (tertiary/aromatic N) is 2. The van der Waals surface area contributed by atoms with Gasteiger partial charge in [0.05, 0.1) is 16.6 Å². The Bertz CT molecular complexity index is 2350. The maximum absolute atomic E-state index is 2.52. The molecule has 0 atom stereocenters. The minimum absolute atomic E-state index is 0.273. The monoisotopic (exact) mass is 590 g/mol. The highest BCUT2D eigenvalue weighted by Crippen LogP contribution is 2.43. The fraction of sp³-hybridized carbons (Fsp3) is 0.0909. The van der Waals surface area contributed by atoms with E-state index < -0.39 is 0 Å². The van der Waals surface area contributed by atoms with Crippen LogP contribution in [0.25, 0.3) is 50.2 Å². The summed E-state index contributed by atoms with van der Waals surface area (Å²) in [4.78, 5) is 0. The van der Waals surface area contributed by atoms with Gasteiger partial charge < -0.3 is 9.13 Å². The Balaban J connectivity index is 1.29. The third-order valence-electron chi connectivity index (χ3n) is 10.2. The van der Waals surface area contributed by atoms with Crippen molar-refractivity contribution in [2.24, 2.45) is 0 Å². The molecule has 0 unspecified atom stereocenters. The van der Waals surface area contributed by atoms with E-state index in [0.717, 1.165) is 12.8 Å². The zero-order chi connectivity index (χ0) is 30.7. The molecule has 1 aliphatic rings. The summed E-state index contributed by atoms with van der Waals surface area (Å²) >= 11 is 0. The quantitative estimate of drug-likeness (QED) is 0.177. The van der Waals surface area contributed by atoms with Gasteiger partial charge in [0.15, 0.2) is 0 Å². The Morgan fingerprint density at radius 3 is 1.78 bits per heavy atom. The predicted molar refractivity (Wildman–Crippen MR) is 193 cm³/mol. The van der Waals surface area contributed by atoms with E-state index in [1.165, 1.54) is 72.0 Å². The number of rotatable bonds is 5. The molecule has 0 N–H and O–H groups in total. The molecular weight excluding hydrogens is 556 g/mol. The van der Waals surface area contributed by atoms with Gasteiger partial charge in [0.25, 0.3) is 0 Å². The zero-order valence-electron chi connectivity index (χ0n) is 25.9. The van der Waals surface area contributed by atoms with Crippen LogP contribution in [0.4, 0.5) is 0 Å². The molecule has 0 spiro atoms. The number of fused-ring (bicyclic) bond motifs is 7. The molecule has 2 nitrogen and oxygen atoms in total. The van der Waals surface area contributed by atoms with Crippen molar-refractivity contribution in [3.8, 4) is 11.4 Å². The summed E-state index contributed by atoms with van der Waals surface area (Å²) in [5.74, 6) is 0. The van der Waals surface area contributed by atoms with Gasteiger partial charge in [-0.3, -0.25) is 0 Å². The van der Waals surface area contributed by atoms with E-state index in [9.17, 15) is 0 Å². The molecule has 220 valence electrons. The number of hydrogen-bond acceptors (Lipinski definition) is 0. The molecule has 2 heterocycles. The first-order chi connectivity index (χ1) is 22.7. The second-order valence-electron chi connectivity index (χ2n) is 12.6. The smallest absolute Gasteiger partial charge is 0.0641 e. The summed E-state index contributed by atoms with van der Waals surface area (Å²) in [5, 5.41) is 3.91. The molecule has 2 heteroatoms. The van der Waals surface area contributed by atoms with Crippen molar-refractivity contribution in [1.29, 1.82) is 0 Å². The standard InChI is InChI=1S/C44H34N2/c1-44(31-15-5-2-6-16-31,32-17-7-3-8-18-32)33-25-27-35(28-26-33)45-40-24-14-12-22-38(40)42-41(45)30-29-37-36-21-11-13-23-39(36)46(43(37)42)34-19-9-4-10-20-34/h2-13,15-23,25-30H,14,24H2,1H3. The molecule has 8 aromatic rings. The maximum atomic E-state index is 2.52. The van der Waals surface area contributed by atoms with E-state index in [1.54, 1.807) is 0 Å². The van der Waals surface area contributed by atoms with E-state index >= 15 is 0 Å². The third-order valence-corrected chi connectivity index (χ3v) is 10.2. The number of aromatic nitrogens is 2. The molecular formula is C44H34N2. The average molecular weight is 591 g/mol. The molecule has 0 saturated heterocycles. The first kappa shape index (κ1) is 26.8. The molecule has 0 saturated carbocycles. The zero-order valence-corrected chi connectivity index (χ0v) is 25.9. The Hall–Kier alpha value is -5.60. The molecule has 46 heavy (non-hydrogen) atoms. The van der Waals surface area contributed by atoms with Gasteiger partial charge in [0, 0.05) is 44.2 Å². The Morgan fingerprint density at radius 1 is 0.500 bits per heavy atom. The highest BCUT2D eigenvalue weighted by atomic mass is 15.0. The summed E-state index contributed by atoms with van der Waals surface area (Å²) in [6.07, 6.45) is 6.77. The second-order valence-corrected chi connectivity index (χ2v) is 12.6. The molecule has 9 rings (SSSR count). The third kappa shape index (κ3) is 3.90. The van der Waals surface area contributed by atoms with E-state index in [0.29, 0.717) is 0 Å². The van der Waals surface area contributed by atoms with Gasteiger partial charge in [0.2, 0.25) is 0 Å². The number of allylic oxidation sites excluding steroid dienone is 1. The Morgan fingerprint density at radius 2 is 1.09 bits per heavy atom. The fourth-order valence-corrected chi connectivity index (χ4v) is 7.88. The number of para-hydroxylation sites is 2. The van der Waals surface area contributed by atoms with E-state index in [4.69, 9.17) is 0 Å². The lowest BCUT2D eigenvalue weighted by Gasteiger charge is -2.32. The lowest BCUT2D eigenvalue weighted by Crippen LogP contribution is -2.25. The maximum Gasteiger partial charge on any atom is 0.0641 e. The molecule has 2 aromatic heterocycles.